The molecule has 0 bridgehead atoms. The molecular weight excluding hydrogens is 557 g/mol. The normalized spacial score (nSPS) is 17.3. The fourth-order valence-corrected chi connectivity index (χ4v) is 6.57. The Morgan fingerprint density at radius 2 is 1.03 bits per heavy atom. The van der Waals surface area contributed by atoms with Gasteiger partial charge in [-0.25, -0.2) is 9.97 Å². The zero-order valence-electron chi connectivity index (χ0n) is 19.3. The third-order valence-electron chi connectivity index (χ3n) is 5.13. The largest absolute Gasteiger partial charge is 0.310 e. The summed E-state index contributed by atoms with van der Waals surface area (Å²) in [4.78, 5) is 43.1. The van der Waals surface area contributed by atoms with Crippen molar-refractivity contribution in [2.75, 3.05) is 10.6 Å². The third kappa shape index (κ3) is 5.68. The molecule has 0 spiro atoms. The molecule has 0 saturated carbocycles. The van der Waals surface area contributed by atoms with Crippen LogP contribution in [-0.2, 0) is 9.59 Å². The number of rotatable bonds is 5. The summed E-state index contributed by atoms with van der Waals surface area (Å²) in [5, 5.41) is 12.2. The van der Waals surface area contributed by atoms with Gasteiger partial charge in [-0.15, -0.1) is 22.7 Å². The Kier molecular flexibility index (Phi) is 7.01. The van der Waals surface area contributed by atoms with E-state index in [2.05, 4.69) is 30.6 Å². The Balaban J connectivity index is 1.08. The van der Waals surface area contributed by atoms with Gasteiger partial charge in [-0.1, -0.05) is 60.7 Å². The van der Waals surface area contributed by atoms with Crippen molar-refractivity contribution < 1.29 is 9.59 Å². The van der Waals surface area contributed by atoms with E-state index in [1.807, 2.05) is 83.6 Å². The minimum atomic E-state index is -0.277. The second-order valence-corrected chi connectivity index (χ2v) is 11.6. The maximum atomic E-state index is 12.3. The monoisotopic (exact) mass is 572 g/mol. The second-order valence-electron chi connectivity index (χ2n) is 7.81. The van der Waals surface area contributed by atoms with Crippen LogP contribution in [0.25, 0.3) is 23.5 Å². The number of nitrogens with one attached hydrogen (secondary N) is 2. The molecule has 6 rings (SSSR count). The molecule has 0 aliphatic carbocycles. The number of benzene rings is 2. The molecule has 8 nitrogen and oxygen atoms in total. The summed E-state index contributed by atoms with van der Waals surface area (Å²) in [6.45, 7) is 0. The lowest BCUT2D eigenvalue weighted by Gasteiger charge is -2.00. The van der Waals surface area contributed by atoms with Gasteiger partial charge in [0.2, 0.25) is 0 Å². The highest BCUT2D eigenvalue weighted by atomic mass is 32.2. The van der Waals surface area contributed by atoms with E-state index in [0.717, 1.165) is 11.1 Å². The predicted molar refractivity (Wildman–Crippen MR) is 159 cm³/mol. The number of amidine groups is 2. The van der Waals surface area contributed by atoms with Crippen LogP contribution in [0.4, 0.5) is 10.3 Å². The number of thiazole rings is 2. The van der Waals surface area contributed by atoms with Crippen LogP contribution in [0.5, 0.6) is 0 Å². The smallest absolute Gasteiger partial charge is 0.286 e. The summed E-state index contributed by atoms with van der Waals surface area (Å²) in [5.74, 6) is -0.553. The maximum Gasteiger partial charge on any atom is 0.286 e. The average molecular weight is 573 g/mol. The van der Waals surface area contributed by atoms with E-state index in [1.165, 1.54) is 46.2 Å². The highest BCUT2D eigenvalue weighted by molar-refractivity contribution is 8.19. The van der Waals surface area contributed by atoms with Crippen molar-refractivity contribution in [3.63, 3.8) is 0 Å². The van der Waals surface area contributed by atoms with Crippen LogP contribution >= 0.6 is 46.2 Å². The summed E-state index contributed by atoms with van der Waals surface area (Å²) < 4.78 is 0. The van der Waals surface area contributed by atoms with Crippen molar-refractivity contribution in [1.82, 2.24) is 9.97 Å². The molecule has 4 aromatic rings. The second kappa shape index (κ2) is 10.9. The molecule has 2 N–H and O–H groups in total. The number of hydrogen-bond acceptors (Lipinski definition) is 10. The minimum Gasteiger partial charge on any atom is -0.310 e. The molecule has 2 amide bonds. The molecule has 2 aromatic heterocycles. The van der Waals surface area contributed by atoms with Crippen molar-refractivity contribution in [2.24, 2.45) is 9.98 Å². The molecule has 38 heavy (non-hydrogen) atoms. The van der Waals surface area contributed by atoms with Gasteiger partial charge in [0.15, 0.2) is 20.6 Å². The summed E-state index contributed by atoms with van der Waals surface area (Å²) >= 11 is 5.36. The Labute approximate surface area is 233 Å². The molecule has 4 heterocycles. The van der Waals surface area contributed by atoms with Crippen LogP contribution in [-0.4, -0.2) is 32.1 Å². The van der Waals surface area contributed by atoms with Gasteiger partial charge in [0.05, 0.1) is 9.81 Å². The van der Waals surface area contributed by atoms with E-state index < -0.39 is 0 Å². The zero-order chi connectivity index (χ0) is 25.9. The van der Waals surface area contributed by atoms with Crippen molar-refractivity contribution in [1.29, 1.82) is 0 Å². The van der Waals surface area contributed by atoms with E-state index in [4.69, 9.17) is 0 Å². The first kappa shape index (κ1) is 24.5. The van der Waals surface area contributed by atoms with Crippen LogP contribution in [0, 0.1) is 0 Å². The number of hydrogen-bond donors (Lipinski definition) is 2. The molecular formula is C26H16N6O2S4. The van der Waals surface area contributed by atoms with Crippen molar-refractivity contribution in [3.05, 3.63) is 92.4 Å². The van der Waals surface area contributed by atoms with Crippen LogP contribution in [0.1, 0.15) is 11.1 Å². The Bertz CT molecular complexity index is 1530. The molecule has 0 radical (unpaired) electrons. The van der Waals surface area contributed by atoms with E-state index in [9.17, 15) is 9.59 Å². The molecule has 2 aromatic carbocycles. The van der Waals surface area contributed by atoms with Gasteiger partial charge in [0.25, 0.3) is 11.8 Å². The first-order valence-electron chi connectivity index (χ1n) is 11.2. The van der Waals surface area contributed by atoms with E-state index in [-0.39, 0.29) is 11.8 Å². The highest BCUT2D eigenvalue weighted by Gasteiger charge is 2.24. The van der Waals surface area contributed by atoms with Crippen LogP contribution in [0.15, 0.2) is 91.2 Å². The fraction of sp³-hybridized carbons (Fsp3) is 0. The number of amides is 2. The van der Waals surface area contributed by atoms with Crippen molar-refractivity contribution in [3.8, 4) is 11.4 Å². The zero-order valence-corrected chi connectivity index (χ0v) is 22.6. The fourth-order valence-electron chi connectivity index (χ4n) is 3.41. The van der Waals surface area contributed by atoms with Gasteiger partial charge in [-0.3, -0.25) is 9.59 Å². The summed E-state index contributed by atoms with van der Waals surface area (Å²) in [6.07, 6.45) is 3.65. The minimum absolute atomic E-state index is 0.277. The Hall–Kier alpha value is -3.84. The molecule has 186 valence electrons. The number of carbonyl (C=O) groups is 2. The molecule has 0 atom stereocenters. The van der Waals surface area contributed by atoms with Gasteiger partial charge >= 0.3 is 0 Å². The van der Waals surface area contributed by atoms with Gasteiger partial charge in [-0.2, -0.15) is 9.98 Å². The van der Waals surface area contributed by atoms with E-state index in [1.54, 1.807) is 0 Å². The summed E-state index contributed by atoms with van der Waals surface area (Å²) in [7, 11) is 0. The first-order valence-corrected chi connectivity index (χ1v) is 14.6. The number of anilines is 2. The van der Waals surface area contributed by atoms with Gasteiger partial charge in [0.1, 0.15) is 11.4 Å². The first-order chi connectivity index (χ1) is 18.6. The number of thioether (sulfide) groups is 2. The lowest BCUT2D eigenvalue weighted by molar-refractivity contribution is -0.114. The van der Waals surface area contributed by atoms with Crippen LogP contribution < -0.4 is 10.6 Å². The van der Waals surface area contributed by atoms with E-state index >= 15 is 0 Å². The van der Waals surface area contributed by atoms with Crippen molar-refractivity contribution in [2.45, 2.75) is 0 Å². The topological polar surface area (TPSA) is 109 Å². The third-order valence-corrected chi connectivity index (χ3v) is 8.45. The van der Waals surface area contributed by atoms with E-state index in [0.29, 0.717) is 41.8 Å². The molecule has 0 unspecified atom stereocenters. The maximum absolute atomic E-state index is 12.3. The number of aliphatic imine (C=N–C) groups is 2. The molecule has 2 aliphatic heterocycles. The lowest BCUT2D eigenvalue weighted by Crippen LogP contribution is -2.04. The number of carbonyl (C=O) groups excluding carboxylic acids is 2. The molecule has 12 heteroatoms. The summed E-state index contributed by atoms with van der Waals surface area (Å²) in [5.41, 5.74) is 3.27. The van der Waals surface area contributed by atoms with Gasteiger partial charge < -0.3 is 10.6 Å². The molecule has 0 fully saturated rings. The molecule has 0 saturated heterocycles. The Morgan fingerprint density at radius 1 is 0.605 bits per heavy atom. The quantitative estimate of drug-likeness (QED) is 0.263. The lowest BCUT2D eigenvalue weighted by atomic mass is 10.2. The van der Waals surface area contributed by atoms with Gasteiger partial charge in [0, 0.05) is 10.8 Å². The number of nitrogens with zero attached hydrogens (tertiary/aromatic N) is 4. The molecule has 2 aliphatic rings. The highest BCUT2D eigenvalue weighted by Crippen LogP contribution is 2.34. The van der Waals surface area contributed by atoms with Crippen molar-refractivity contribution >= 4 is 90.8 Å². The average Bonchev–Trinajstić information content (AvgIpc) is 3.71. The van der Waals surface area contributed by atoms with Gasteiger partial charge in [-0.05, 0) is 46.8 Å². The Morgan fingerprint density at radius 3 is 1.45 bits per heavy atom. The predicted octanol–water partition coefficient (Wildman–Crippen LogP) is 6.43. The SMILES string of the molecule is O=C1N=C(Nc2nc(-c3csc(NC4=NC(=O)/C(=C\c5ccccc5)S4)n3)cs2)S/C1=C/c1ccccc1. The standard InChI is InChI=1S/C26H16N6O2S4/c33-21-19(11-15-7-3-1-4-8-15)37-25(29-21)31-23-27-17(13-35-23)18-14-36-24(28-18)32-26-30-22(34)20(38-26)12-16-9-5-2-6-10-16/h1-14H,(H,27,29,31,33)(H,28,30,32,34)/b19-11+,20-12+. The van der Waals surface area contributed by atoms with Crippen LogP contribution in [0.3, 0.4) is 0 Å². The number of aromatic nitrogens is 2. The summed E-state index contributed by atoms with van der Waals surface area (Å²) in [6, 6.07) is 19.3. The van der Waals surface area contributed by atoms with Crippen LogP contribution in [0.2, 0.25) is 0 Å².